The van der Waals surface area contributed by atoms with Gasteiger partial charge in [-0.15, -0.1) is 0 Å². The number of rotatable bonds is 4. The number of nitrogens with two attached hydrogens (primary N) is 1. The molecule has 0 unspecified atom stereocenters. The lowest BCUT2D eigenvalue weighted by Crippen LogP contribution is -2.53. The summed E-state index contributed by atoms with van der Waals surface area (Å²) in [5.74, 6) is -0.102. The van der Waals surface area contributed by atoms with Gasteiger partial charge in [-0.05, 0) is 26.7 Å². The zero-order valence-corrected chi connectivity index (χ0v) is 10.2. The van der Waals surface area contributed by atoms with E-state index in [4.69, 9.17) is 22.7 Å². The van der Waals surface area contributed by atoms with Gasteiger partial charge < -0.3 is 15.8 Å². The standard InChI is InChI=1S/C10H18N2O2S/c1-10(2,8(11)15)9(13)12-6-4-7(5-6)14-3/h6-7H,4-5H2,1-3H3,(H2,11,15)(H,12,13). The Kier molecular flexibility index (Phi) is 3.67. The van der Waals surface area contributed by atoms with Gasteiger partial charge in [0.25, 0.3) is 0 Å². The van der Waals surface area contributed by atoms with E-state index in [1.165, 1.54) is 0 Å². The lowest BCUT2D eigenvalue weighted by atomic mass is 9.86. The maximum atomic E-state index is 11.8. The van der Waals surface area contributed by atoms with Crippen LogP contribution in [-0.4, -0.2) is 30.2 Å². The Labute approximate surface area is 95.5 Å². The highest BCUT2D eigenvalue weighted by molar-refractivity contribution is 7.80. The topological polar surface area (TPSA) is 64.3 Å². The lowest BCUT2D eigenvalue weighted by Gasteiger charge is -2.36. The third-order valence-corrected chi connectivity index (χ3v) is 3.46. The van der Waals surface area contributed by atoms with E-state index < -0.39 is 5.41 Å². The summed E-state index contributed by atoms with van der Waals surface area (Å²) in [6.07, 6.45) is 2.02. The molecule has 86 valence electrons. The Morgan fingerprint density at radius 2 is 2.07 bits per heavy atom. The molecular formula is C10H18N2O2S. The molecule has 1 rings (SSSR count). The van der Waals surface area contributed by atoms with Crippen LogP contribution >= 0.6 is 12.2 Å². The van der Waals surface area contributed by atoms with Crippen molar-refractivity contribution in [1.82, 2.24) is 5.32 Å². The average Bonchev–Trinajstić information content (AvgIpc) is 2.09. The van der Waals surface area contributed by atoms with Crippen molar-refractivity contribution in [1.29, 1.82) is 0 Å². The number of thiocarbonyl (C=S) groups is 1. The number of methoxy groups -OCH3 is 1. The number of ether oxygens (including phenoxy) is 1. The average molecular weight is 230 g/mol. The predicted octanol–water partition coefficient (Wildman–Crippen LogP) is 0.592. The first-order valence-corrected chi connectivity index (χ1v) is 5.42. The van der Waals surface area contributed by atoms with Gasteiger partial charge in [0.15, 0.2) is 0 Å². The molecule has 0 heterocycles. The summed E-state index contributed by atoms with van der Waals surface area (Å²) in [6.45, 7) is 3.47. The molecule has 0 saturated heterocycles. The number of hydrogen-bond donors (Lipinski definition) is 2. The molecule has 1 aliphatic carbocycles. The Morgan fingerprint density at radius 3 is 2.47 bits per heavy atom. The van der Waals surface area contributed by atoms with Crippen molar-refractivity contribution in [3.63, 3.8) is 0 Å². The summed E-state index contributed by atoms with van der Waals surface area (Å²) in [5.41, 5.74) is 4.74. The van der Waals surface area contributed by atoms with Crippen molar-refractivity contribution in [3.8, 4) is 0 Å². The highest BCUT2D eigenvalue weighted by Crippen LogP contribution is 2.24. The number of carbonyl (C=O) groups excluding carboxylic acids is 1. The SMILES string of the molecule is COC1CC(NC(=O)C(C)(C)C(N)=S)C1. The van der Waals surface area contributed by atoms with Crippen LogP contribution in [0.2, 0.25) is 0 Å². The van der Waals surface area contributed by atoms with Gasteiger partial charge in [-0.25, -0.2) is 0 Å². The Morgan fingerprint density at radius 1 is 1.53 bits per heavy atom. The van der Waals surface area contributed by atoms with E-state index in [1.807, 2.05) is 0 Å². The second-order valence-electron chi connectivity index (χ2n) is 4.49. The van der Waals surface area contributed by atoms with Gasteiger partial charge in [-0.1, -0.05) is 12.2 Å². The van der Waals surface area contributed by atoms with Gasteiger partial charge in [-0.2, -0.15) is 0 Å². The normalized spacial score (nSPS) is 25.5. The molecule has 0 aromatic rings. The van der Waals surface area contributed by atoms with Crippen molar-refractivity contribution in [3.05, 3.63) is 0 Å². The van der Waals surface area contributed by atoms with Gasteiger partial charge in [0.2, 0.25) is 5.91 Å². The summed E-state index contributed by atoms with van der Waals surface area (Å²) < 4.78 is 5.13. The molecule has 1 saturated carbocycles. The van der Waals surface area contributed by atoms with Crippen molar-refractivity contribution < 1.29 is 9.53 Å². The summed E-state index contributed by atoms with van der Waals surface area (Å²) in [4.78, 5) is 12.0. The maximum Gasteiger partial charge on any atom is 0.232 e. The van der Waals surface area contributed by atoms with E-state index in [0.29, 0.717) is 0 Å². The molecule has 1 fully saturated rings. The highest BCUT2D eigenvalue weighted by atomic mass is 32.1. The summed E-state index contributed by atoms with van der Waals surface area (Å²) in [7, 11) is 1.68. The third kappa shape index (κ3) is 2.66. The van der Waals surface area contributed by atoms with E-state index in [-0.39, 0.29) is 23.0 Å². The van der Waals surface area contributed by atoms with E-state index in [2.05, 4.69) is 5.32 Å². The zero-order valence-electron chi connectivity index (χ0n) is 9.37. The fraction of sp³-hybridized carbons (Fsp3) is 0.800. The van der Waals surface area contributed by atoms with Crippen LogP contribution in [-0.2, 0) is 9.53 Å². The minimum atomic E-state index is -0.770. The minimum absolute atomic E-state index is 0.102. The molecule has 0 atom stereocenters. The second kappa shape index (κ2) is 4.45. The maximum absolute atomic E-state index is 11.8. The molecule has 0 aliphatic heterocycles. The molecule has 0 bridgehead atoms. The number of amides is 1. The fourth-order valence-corrected chi connectivity index (χ4v) is 1.45. The molecule has 0 spiro atoms. The molecule has 0 aromatic heterocycles. The molecule has 15 heavy (non-hydrogen) atoms. The highest BCUT2D eigenvalue weighted by Gasteiger charge is 2.36. The van der Waals surface area contributed by atoms with E-state index in [1.54, 1.807) is 21.0 Å². The summed E-state index contributed by atoms with van der Waals surface area (Å²) in [5, 5.41) is 2.92. The molecule has 0 aromatic carbocycles. The van der Waals surface area contributed by atoms with Gasteiger partial charge >= 0.3 is 0 Å². The van der Waals surface area contributed by atoms with Crippen molar-refractivity contribution in [2.45, 2.75) is 38.8 Å². The first-order chi connectivity index (χ1) is 6.87. The quantitative estimate of drug-likeness (QED) is 0.694. The van der Waals surface area contributed by atoms with Crippen molar-refractivity contribution in [2.24, 2.45) is 11.1 Å². The van der Waals surface area contributed by atoms with Crippen LogP contribution in [0.5, 0.6) is 0 Å². The van der Waals surface area contributed by atoms with Gasteiger partial charge in [0, 0.05) is 13.2 Å². The molecule has 1 aliphatic rings. The van der Waals surface area contributed by atoms with E-state index in [9.17, 15) is 4.79 Å². The largest absolute Gasteiger partial charge is 0.392 e. The van der Waals surface area contributed by atoms with Gasteiger partial charge in [-0.3, -0.25) is 4.79 Å². The number of hydrogen-bond acceptors (Lipinski definition) is 3. The molecular weight excluding hydrogens is 212 g/mol. The zero-order chi connectivity index (χ0) is 11.6. The van der Waals surface area contributed by atoms with Crippen LogP contribution in [0.15, 0.2) is 0 Å². The summed E-state index contributed by atoms with van der Waals surface area (Å²) >= 11 is 4.85. The van der Waals surface area contributed by atoms with Gasteiger partial charge in [0.05, 0.1) is 16.5 Å². The predicted molar refractivity (Wildman–Crippen MR) is 62.5 cm³/mol. The monoisotopic (exact) mass is 230 g/mol. The Bertz CT molecular complexity index is 273. The van der Waals surface area contributed by atoms with E-state index >= 15 is 0 Å². The minimum Gasteiger partial charge on any atom is -0.392 e. The van der Waals surface area contributed by atoms with Gasteiger partial charge in [0.1, 0.15) is 0 Å². The van der Waals surface area contributed by atoms with Crippen LogP contribution < -0.4 is 11.1 Å². The van der Waals surface area contributed by atoms with E-state index in [0.717, 1.165) is 12.8 Å². The Balaban J connectivity index is 2.41. The van der Waals surface area contributed by atoms with Crippen molar-refractivity contribution >= 4 is 23.1 Å². The molecule has 3 N–H and O–H groups in total. The molecule has 5 heteroatoms. The molecule has 4 nitrogen and oxygen atoms in total. The van der Waals surface area contributed by atoms with Crippen molar-refractivity contribution in [2.75, 3.05) is 7.11 Å². The Hall–Kier alpha value is -0.680. The van der Waals surface area contributed by atoms with Crippen LogP contribution in [0.3, 0.4) is 0 Å². The fourth-order valence-electron chi connectivity index (χ4n) is 1.35. The van der Waals surface area contributed by atoms with Crippen LogP contribution in [0.25, 0.3) is 0 Å². The van der Waals surface area contributed by atoms with Crippen LogP contribution in [0, 0.1) is 5.41 Å². The first-order valence-electron chi connectivity index (χ1n) is 5.01. The third-order valence-electron chi connectivity index (χ3n) is 2.95. The summed E-state index contributed by atoms with van der Waals surface area (Å²) in [6, 6.07) is 0.205. The molecule has 1 amide bonds. The number of carbonyl (C=O) groups is 1. The van der Waals surface area contributed by atoms with Crippen LogP contribution in [0.1, 0.15) is 26.7 Å². The smallest absolute Gasteiger partial charge is 0.232 e. The lowest BCUT2D eigenvalue weighted by molar-refractivity contribution is -0.128. The second-order valence-corrected chi connectivity index (χ2v) is 4.93. The number of nitrogens with one attached hydrogen (secondary N) is 1. The molecule has 0 radical (unpaired) electrons. The first kappa shape index (κ1) is 12.4. The van der Waals surface area contributed by atoms with Crippen LogP contribution in [0.4, 0.5) is 0 Å².